The Kier molecular flexibility index (Phi) is 6.44. The molecule has 0 spiro atoms. The molecule has 2 aliphatic rings. The maximum atomic E-state index is 12.9. The standard InChI is InChI=1S/C14H21F3N2O5S/c15-14(16,17)10-19(11-4-7-24-8-5-11)25(22,23)9-6-18-12(20)2-1-3-13(18)21/h11H,1-10H2. The van der Waals surface area contributed by atoms with E-state index in [1.807, 2.05) is 0 Å². The van der Waals surface area contributed by atoms with Crippen molar-refractivity contribution in [3.05, 3.63) is 0 Å². The van der Waals surface area contributed by atoms with Crippen molar-refractivity contribution in [3.8, 4) is 0 Å². The summed E-state index contributed by atoms with van der Waals surface area (Å²) in [6.07, 6.45) is -3.64. The molecule has 0 aromatic rings. The molecule has 0 aromatic heterocycles. The predicted octanol–water partition coefficient (Wildman–Crippen LogP) is 0.899. The molecule has 0 bridgehead atoms. The number of likely N-dealkylation sites (tertiary alicyclic amines) is 1. The van der Waals surface area contributed by atoms with Gasteiger partial charge in [0.15, 0.2) is 0 Å². The zero-order valence-corrected chi connectivity index (χ0v) is 14.4. The molecule has 11 heteroatoms. The molecule has 0 saturated carbocycles. The molecule has 25 heavy (non-hydrogen) atoms. The summed E-state index contributed by atoms with van der Waals surface area (Å²) in [4.78, 5) is 24.3. The third-order valence-corrected chi connectivity index (χ3v) is 6.09. The summed E-state index contributed by atoms with van der Waals surface area (Å²) >= 11 is 0. The number of piperidine rings is 1. The molecular formula is C14H21F3N2O5S. The van der Waals surface area contributed by atoms with Crippen molar-refractivity contribution >= 4 is 21.8 Å². The molecular weight excluding hydrogens is 365 g/mol. The van der Waals surface area contributed by atoms with E-state index in [1.54, 1.807) is 0 Å². The molecule has 0 aromatic carbocycles. The van der Waals surface area contributed by atoms with Crippen molar-refractivity contribution in [2.24, 2.45) is 0 Å². The molecule has 0 aliphatic carbocycles. The highest BCUT2D eigenvalue weighted by atomic mass is 32.2. The Morgan fingerprint density at radius 3 is 2.20 bits per heavy atom. The second-order valence-electron chi connectivity index (χ2n) is 6.11. The zero-order chi connectivity index (χ0) is 18.7. The normalized spacial score (nSPS) is 21.2. The van der Waals surface area contributed by atoms with Gasteiger partial charge in [0.2, 0.25) is 21.8 Å². The zero-order valence-electron chi connectivity index (χ0n) is 13.6. The highest BCUT2D eigenvalue weighted by Crippen LogP contribution is 2.25. The number of hydrogen-bond acceptors (Lipinski definition) is 5. The molecule has 2 heterocycles. The quantitative estimate of drug-likeness (QED) is 0.634. The van der Waals surface area contributed by atoms with Crippen LogP contribution in [0.4, 0.5) is 13.2 Å². The van der Waals surface area contributed by atoms with Crippen LogP contribution in [0.25, 0.3) is 0 Å². The van der Waals surface area contributed by atoms with Crippen LogP contribution in [0.3, 0.4) is 0 Å². The topological polar surface area (TPSA) is 84.0 Å². The van der Waals surface area contributed by atoms with Gasteiger partial charge >= 0.3 is 6.18 Å². The van der Waals surface area contributed by atoms with E-state index < -0.39 is 52.9 Å². The van der Waals surface area contributed by atoms with Crippen molar-refractivity contribution in [2.45, 2.75) is 44.3 Å². The van der Waals surface area contributed by atoms with E-state index in [0.717, 1.165) is 4.90 Å². The molecule has 0 radical (unpaired) electrons. The number of amides is 2. The highest BCUT2D eigenvalue weighted by molar-refractivity contribution is 7.89. The van der Waals surface area contributed by atoms with Crippen molar-refractivity contribution in [1.82, 2.24) is 9.21 Å². The van der Waals surface area contributed by atoms with Gasteiger partial charge in [-0.1, -0.05) is 0 Å². The first-order valence-electron chi connectivity index (χ1n) is 8.07. The summed E-state index contributed by atoms with van der Waals surface area (Å²) in [7, 11) is -4.29. The van der Waals surface area contributed by atoms with Crippen molar-refractivity contribution in [3.63, 3.8) is 0 Å². The average Bonchev–Trinajstić information content (AvgIpc) is 2.52. The van der Waals surface area contributed by atoms with Gasteiger partial charge in [0, 0.05) is 38.6 Å². The number of alkyl halides is 3. The largest absolute Gasteiger partial charge is 0.402 e. The van der Waals surface area contributed by atoms with Crippen LogP contribution >= 0.6 is 0 Å². The number of imide groups is 1. The molecule has 2 saturated heterocycles. The van der Waals surface area contributed by atoms with Crippen LogP contribution < -0.4 is 0 Å². The Morgan fingerprint density at radius 2 is 1.68 bits per heavy atom. The third kappa shape index (κ3) is 5.65. The molecule has 2 aliphatic heterocycles. The molecule has 0 N–H and O–H groups in total. The fraction of sp³-hybridized carbons (Fsp3) is 0.857. The fourth-order valence-corrected chi connectivity index (χ4v) is 4.63. The predicted molar refractivity (Wildman–Crippen MR) is 81.0 cm³/mol. The first-order chi connectivity index (χ1) is 11.6. The number of ether oxygens (including phenoxy) is 1. The summed E-state index contributed by atoms with van der Waals surface area (Å²) in [6.45, 7) is -1.62. The summed E-state index contributed by atoms with van der Waals surface area (Å²) < 4.78 is 69.1. The Morgan fingerprint density at radius 1 is 1.12 bits per heavy atom. The summed E-state index contributed by atoms with van der Waals surface area (Å²) in [6, 6.07) is -0.798. The molecule has 0 unspecified atom stereocenters. The van der Waals surface area contributed by atoms with Gasteiger partial charge in [-0.25, -0.2) is 8.42 Å². The van der Waals surface area contributed by atoms with Crippen LogP contribution in [-0.4, -0.2) is 73.7 Å². The maximum Gasteiger partial charge on any atom is 0.402 e. The van der Waals surface area contributed by atoms with Crippen LogP contribution in [0.2, 0.25) is 0 Å². The van der Waals surface area contributed by atoms with Crippen molar-refractivity contribution in [1.29, 1.82) is 0 Å². The van der Waals surface area contributed by atoms with Gasteiger partial charge in [-0.3, -0.25) is 14.5 Å². The summed E-state index contributed by atoms with van der Waals surface area (Å²) in [5, 5.41) is 0. The average molecular weight is 386 g/mol. The SMILES string of the molecule is O=C1CCCC(=O)N1CCS(=O)(=O)N(CC(F)(F)F)C1CCOCC1. The smallest absolute Gasteiger partial charge is 0.381 e. The van der Waals surface area contributed by atoms with E-state index in [1.165, 1.54) is 0 Å². The first kappa shape index (κ1) is 20.1. The molecule has 2 amide bonds. The monoisotopic (exact) mass is 386 g/mol. The lowest BCUT2D eigenvalue weighted by atomic mass is 10.1. The lowest BCUT2D eigenvalue weighted by Gasteiger charge is -2.34. The van der Waals surface area contributed by atoms with Crippen molar-refractivity contribution in [2.75, 3.05) is 32.1 Å². The highest BCUT2D eigenvalue weighted by Gasteiger charge is 2.41. The van der Waals surface area contributed by atoms with Crippen LogP contribution in [-0.2, 0) is 24.3 Å². The number of rotatable bonds is 6. The molecule has 7 nitrogen and oxygen atoms in total. The lowest BCUT2D eigenvalue weighted by Crippen LogP contribution is -2.50. The summed E-state index contributed by atoms with van der Waals surface area (Å²) in [5.74, 6) is -1.68. The van der Waals surface area contributed by atoms with Crippen LogP contribution in [0.5, 0.6) is 0 Å². The van der Waals surface area contributed by atoms with Crippen LogP contribution in [0, 0.1) is 0 Å². The third-order valence-electron chi connectivity index (χ3n) is 4.25. The number of nitrogens with zero attached hydrogens (tertiary/aromatic N) is 2. The fourth-order valence-electron chi connectivity index (χ4n) is 2.98. The van der Waals surface area contributed by atoms with E-state index in [0.29, 0.717) is 10.7 Å². The number of sulfonamides is 1. The van der Waals surface area contributed by atoms with Gasteiger partial charge in [-0.15, -0.1) is 0 Å². The minimum absolute atomic E-state index is 0.137. The van der Waals surface area contributed by atoms with Crippen molar-refractivity contribution < 1.29 is 35.9 Å². The van der Waals surface area contributed by atoms with Gasteiger partial charge in [0.05, 0.1) is 5.75 Å². The van der Waals surface area contributed by atoms with E-state index in [-0.39, 0.29) is 38.9 Å². The molecule has 2 rings (SSSR count). The summed E-state index contributed by atoms with van der Waals surface area (Å²) in [5.41, 5.74) is 0. The number of carbonyl (C=O) groups excluding carboxylic acids is 2. The first-order valence-corrected chi connectivity index (χ1v) is 9.68. The van der Waals surface area contributed by atoms with Gasteiger partial charge < -0.3 is 4.74 Å². The second kappa shape index (κ2) is 8.00. The number of carbonyl (C=O) groups is 2. The molecule has 2 fully saturated rings. The Bertz CT molecular complexity index is 586. The van der Waals surface area contributed by atoms with Crippen LogP contribution in [0.15, 0.2) is 0 Å². The minimum Gasteiger partial charge on any atom is -0.381 e. The van der Waals surface area contributed by atoms with E-state index in [2.05, 4.69) is 0 Å². The maximum absolute atomic E-state index is 12.9. The number of halogens is 3. The van der Waals surface area contributed by atoms with Gasteiger partial charge in [0.1, 0.15) is 6.54 Å². The Labute approximate surface area is 144 Å². The van der Waals surface area contributed by atoms with E-state index in [9.17, 15) is 31.2 Å². The molecule has 0 atom stereocenters. The minimum atomic E-state index is -4.68. The van der Waals surface area contributed by atoms with Crippen LogP contribution in [0.1, 0.15) is 32.1 Å². The van der Waals surface area contributed by atoms with Gasteiger partial charge in [0.25, 0.3) is 0 Å². The van der Waals surface area contributed by atoms with Gasteiger partial charge in [-0.2, -0.15) is 17.5 Å². The van der Waals surface area contributed by atoms with E-state index in [4.69, 9.17) is 4.74 Å². The lowest BCUT2D eigenvalue weighted by molar-refractivity contribution is -0.148. The number of hydrogen-bond donors (Lipinski definition) is 0. The Balaban J connectivity index is 2.10. The molecule has 144 valence electrons. The Hall–Kier alpha value is -1.20. The second-order valence-corrected chi connectivity index (χ2v) is 8.15. The van der Waals surface area contributed by atoms with Gasteiger partial charge in [-0.05, 0) is 19.3 Å². The van der Waals surface area contributed by atoms with E-state index >= 15 is 0 Å².